The predicted octanol–water partition coefficient (Wildman–Crippen LogP) is 4.07. The van der Waals surface area contributed by atoms with Gasteiger partial charge < -0.3 is 19.7 Å². The number of fused-ring (bicyclic) bond motifs is 1. The van der Waals surface area contributed by atoms with Crippen LogP contribution in [0.2, 0.25) is 0 Å². The molecule has 1 aliphatic rings. The molecular weight excluding hydrogens is 316 g/mol. The lowest BCUT2D eigenvalue weighted by molar-refractivity contribution is 0.0593. The lowest BCUT2D eigenvalue weighted by Crippen LogP contribution is -2.47. The summed E-state index contributed by atoms with van der Waals surface area (Å²) in [5.74, 6) is 1.37. The Labute approximate surface area is 148 Å². The minimum Gasteiger partial charge on any atom is -0.493 e. The van der Waals surface area contributed by atoms with Gasteiger partial charge in [-0.25, -0.2) is 0 Å². The molecule has 0 saturated carbocycles. The zero-order valence-corrected chi connectivity index (χ0v) is 15.1. The zero-order chi connectivity index (χ0) is 18.0. The highest BCUT2D eigenvalue weighted by atomic mass is 16.5. The van der Waals surface area contributed by atoms with E-state index in [2.05, 4.69) is 19.2 Å². The van der Waals surface area contributed by atoms with E-state index >= 15 is 0 Å². The molecule has 1 heterocycles. The number of nitrogens with zero attached hydrogens (tertiary/aromatic N) is 1. The van der Waals surface area contributed by atoms with E-state index < -0.39 is 0 Å². The lowest BCUT2D eigenvalue weighted by atomic mass is 10.0. The summed E-state index contributed by atoms with van der Waals surface area (Å²) in [5.41, 5.74) is 2.52. The highest BCUT2D eigenvalue weighted by Gasteiger charge is 2.35. The largest absolute Gasteiger partial charge is 0.493 e. The molecule has 25 heavy (non-hydrogen) atoms. The van der Waals surface area contributed by atoms with Crippen LogP contribution in [0, 0.1) is 0 Å². The first-order chi connectivity index (χ1) is 12.1. The molecule has 5 nitrogen and oxygen atoms in total. The molecule has 2 atom stereocenters. The van der Waals surface area contributed by atoms with Crippen LogP contribution in [0.15, 0.2) is 42.5 Å². The van der Waals surface area contributed by atoms with E-state index in [-0.39, 0.29) is 18.1 Å². The molecule has 1 aliphatic heterocycles. The van der Waals surface area contributed by atoms with Crippen LogP contribution in [0.25, 0.3) is 0 Å². The highest BCUT2D eigenvalue weighted by Crippen LogP contribution is 2.38. The van der Waals surface area contributed by atoms with Crippen LogP contribution in [-0.4, -0.2) is 31.1 Å². The van der Waals surface area contributed by atoms with Crippen LogP contribution in [-0.2, 0) is 0 Å². The fraction of sp³-hybridized carbons (Fsp3) is 0.350. The van der Waals surface area contributed by atoms with Crippen molar-refractivity contribution in [2.45, 2.75) is 32.5 Å². The molecule has 2 aromatic carbocycles. The van der Waals surface area contributed by atoms with Crippen LogP contribution < -0.4 is 14.8 Å². The second-order valence-corrected chi connectivity index (χ2v) is 6.18. The molecule has 2 aromatic rings. The maximum Gasteiger partial charge on any atom is 0.258 e. The molecule has 0 aliphatic carbocycles. The van der Waals surface area contributed by atoms with Crippen molar-refractivity contribution in [2.75, 3.05) is 19.5 Å². The second kappa shape index (κ2) is 7.05. The molecule has 0 fully saturated rings. The zero-order valence-electron chi connectivity index (χ0n) is 15.1. The Morgan fingerprint density at radius 2 is 1.84 bits per heavy atom. The molecule has 132 valence electrons. The summed E-state index contributed by atoms with van der Waals surface area (Å²) in [6.45, 7) is 4.16. The van der Waals surface area contributed by atoms with Crippen molar-refractivity contribution in [1.82, 2.24) is 4.90 Å². The van der Waals surface area contributed by atoms with Gasteiger partial charge in [0.15, 0.2) is 11.5 Å². The molecule has 0 saturated heterocycles. The van der Waals surface area contributed by atoms with Crippen LogP contribution in [0.5, 0.6) is 11.5 Å². The second-order valence-electron chi connectivity index (χ2n) is 6.18. The third-order valence-electron chi connectivity index (χ3n) is 4.75. The van der Waals surface area contributed by atoms with Crippen molar-refractivity contribution < 1.29 is 14.3 Å². The number of carbonyl (C=O) groups is 1. The van der Waals surface area contributed by atoms with Crippen LogP contribution in [0.1, 0.15) is 42.4 Å². The molecular formula is C20H24N2O3. The summed E-state index contributed by atoms with van der Waals surface area (Å²) in [6.07, 6.45) is 0.622. The van der Waals surface area contributed by atoms with Crippen molar-refractivity contribution in [3.8, 4) is 11.5 Å². The molecule has 0 bridgehead atoms. The van der Waals surface area contributed by atoms with E-state index in [1.54, 1.807) is 14.2 Å². The van der Waals surface area contributed by atoms with Gasteiger partial charge in [-0.1, -0.05) is 25.1 Å². The number of anilines is 1. The highest BCUT2D eigenvalue weighted by molar-refractivity contribution is 6.01. The number of para-hydroxylation sites is 1. The van der Waals surface area contributed by atoms with Gasteiger partial charge in [0.25, 0.3) is 5.91 Å². The number of carbonyl (C=O) groups excluding carboxylic acids is 1. The summed E-state index contributed by atoms with van der Waals surface area (Å²) in [5, 5.41) is 3.51. The summed E-state index contributed by atoms with van der Waals surface area (Å²) in [7, 11) is 3.23. The summed E-state index contributed by atoms with van der Waals surface area (Å²) >= 11 is 0. The molecule has 0 radical (unpaired) electrons. The van der Waals surface area contributed by atoms with E-state index in [0.29, 0.717) is 17.1 Å². The Morgan fingerprint density at radius 1 is 1.12 bits per heavy atom. The first kappa shape index (κ1) is 17.1. The average molecular weight is 340 g/mol. The molecule has 0 aromatic heterocycles. The van der Waals surface area contributed by atoms with Gasteiger partial charge in [-0.15, -0.1) is 0 Å². The van der Waals surface area contributed by atoms with E-state index in [1.165, 1.54) is 0 Å². The standard InChI is InChI=1S/C20H24N2O3/c1-5-13(2)22-19(14-10-11-17(24-3)18(12-14)25-4)21-16-9-7-6-8-15(16)20(22)23/h6-13,19,21H,5H2,1-4H3/t13-,19+/m1/s1. The van der Waals surface area contributed by atoms with E-state index in [0.717, 1.165) is 17.7 Å². The van der Waals surface area contributed by atoms with Gasteiger partial charge in [-0.05, 0) is 43.2 Å². The van der Waals surface area contributed by atoms with E-state index in [4.69, 9.17) is 9.47 Å². The summed E-state index contributed by atoms with van der Waals surface area (Å²) in [6, 6.07) is 13.5. The van der Waals surface area contributed by atoms with Crippen LogP contribution >= 0.6 is 0 Å². The summed E-state index contributed by atoms with van der Waals surface area (Å²) < 4.78 is 10.8. The van der Waals surface area contributed by atoms with Gasteiger partial charge in [-0.3, -0.25) is 4.79 Å². The van der Waals surface area contributed by atoms with Gasteiger partial charge in [0.2, 0.25) is 0 Å². The lowest BCUT2D eigenvalue weighted by Gasteiger charge is -2.41. The smallest absolute Gasteiger partial charge is 0.258 e. The van der Waals surface area contributed by atoms with E-state index in [9.17, 15) is 4.79 Å². The van der Waals surface area contributed by atoms with E-state index in [1.807, 2.05) is 47.4 Å². The molecule has 1 N–H and O–H groups in total. The minimum absolute atomic E-state index is 0.0449. The van der Waals surface area contributed by atoms with Crippen LogP contribution in [0.4, 0.5) is 5.69 Å². The number of hydrogen-bond acceptors (Lipinski definition) is 4. The number of nitrogens with one attached hydrogen (secondary N) is 1. The Balaban J connectivity index is 2.08. The van der Waals surface area contributed by atoms with Crippen molar-refractivity contribution >= 4 is 11.6 Å². The predicted molar refractivity (Wildman–Crippen MR) is 98.3 cm³/mol. The molecule has 1 amide bonds. The number of rotatable bonds is 5. The Hall–Kier alpha value is -2.69. The van der Waals surface area contributed by atoms with Crippen LogP contribution in [0.3, 0.4) is 0 Å². The Bertz CT molecular complexity index is 775. The van der Waals surface area contributed by atoms with Gasteiger partial charge >= 0.3 is 0 Å². The maximum absolute atomic E-state index is 13.1. The maximum atomic E-state index is 13.1. The number of ether oxygens (including phenoxy) is 2. The first-order valence-electron chi connectivity index (χ1n) is 8.50. The Kier molecular flexibility index (Phi) is 4.83. The van der Waals surface area contributed by atoms with Gasteiger partial charge in [0, 0.05) is 11.7 Å². The Morgan fingerprint density at radius 3 is 2.52 bits per heavy atom. The first-order valence-corrected chi connectivity index (χ1v) is 8.50. The fourth-order valence-electron chi connectivity index (χ4n) is 3.19. The van der Waals surface area contributed by atoms with Crippen molar-refractivity contribution in [1.29, 1.82) is 0 Å². The van der Waals surface area contributed by atoms with Crippen molar-refractivity contribution in [3.05, 3.63) is 53.6 Å². The fourth-order valence-corrected chi connectivity index (χ4v) is 3.19. The quantitative estimate of drug-likeness (QED) is 0.891. The number of amides is 1. The third-order valence-corrected chi connectivity index (χ3v) is 4.75. The van der Waals surface area contributed by atoms with Gasteiger partial charge in [-0.2, -0.15) is 0 Å². The number of benzene rings is 2. The topological polar surface area (TPSA) is 50.8 Å². The van der Waals surface area contributed by atoms with Crippen molar-refractivity contribution in [2.24, 2.45) is 0 Å². The van der Waals surface area contributed by atoms with Gasteiger partial charge in [0.05, 0.1) is 19.8 Å². The monoisotopic (exact) mass is 340 g/mol. The molecule has 0 unspecified atom stereocenters. The van der Waals surface area contributed by atoms with Crippen molar-refractivity contribution in [3.63, 3.8) is 0 Å². The molecule has 3 rings (SSSR count). The molecule has 0 spiro atoms. The molecule has 5 heteroatoms. The normalized spacial score (nSPS) is 17.5. The average Bonchev–Trinajstić information content (AvgIpc) is 2.66. The third kappa shape index (κ3) is 3.02. The summed E-state index contributed by atoms with van der Waals surface area (Å²) in [4.78, 5) is 15.0. The van der Waals surface area contributed by atoms with Gasteiger partial charge in [0.1, 0.15) is 6.17 Å². The number of methoxy groups -OCH3 is 2. The number of hydrogen-bond donors (Lipinski definition) is 1. The SMILES string of the molecule is CC[C@@H](C)N1C(=O)c2ccccc2N[C@@H]1c1ccc(OC)c(OC)c1. The minimum atomic E-state index is -0.253.